The fourth-order valence-corrected chi connectivity index (χ4v) is 5.22. The van der Waals surface area contributed by atoms with Crippen LogP contribution in [0.15, 0.2) is 84.9 Å². The fourth-order valence-electron chi connectivity index (χ4n) is 4.26. The largest absolute Gasteiger partial charge is 0.465 e. The van der Waals surface area contributed by atoms with Gasteiger partial charge in [-0.1, -0.05) is 81.4 Å². The standard InChI is InChI=1S/C33H38N2O4Si/c1-33(2,3)40(4,5)39-22-24-11-14-27-21-28(16-15-26(27)19-24)34-31(36)18-13-23-12-17-29(25-9-7-6-8-10-25)30(20-23)35-32(37)38/h6-12,14-17,19-21,35H,13,18,22H2,1-5H3,(H,34,36)(H,37,38). The molecule has 4 aromatic rings. The highest BCUT2D eigenvalue weighted by Crippen LogP contribution is 2.37. The Kier molecular flexibility index (Phi) is 8.76. The monoisotopic (exact) mass is 554 g/mol. The van der Waals surface area contributed by atoms with Gasteiger partial charge in [0.25, 0.3) is 0 Å². The lowest BCUT2D eigenvalue weighted by molar-refractivity contribution is -0.116. The van der Waals surface area contributed by atoms with Gasteiger partial charge in [0.15, 0.2) is 8.32 Å². The molecule has 0 saturated heterocycles. The van der Waals surface area contributed by atoms with Crippen molar-refractivity contribution in [2.24, 2.45) is 0 Å². The van der Waals surface area contributed by atoms with E-state index >= 15 is 0 Å². The van der Waals surface area contributed by atoms with Crippen LogP contribution in [0.1, 0.15) is 38.3 Å². The molecule has 2 amide bonds. The highest BCUT2D eigenvalue weighted by atomic mass is 28.4. The quantitative estimate of drug-likeness (QED) is 0.181. The number of carboxylic acid groups (broad SMARTS) is 1. The minimum absolute atomic E-state index is 0.0985. The zero-order chi connectivity index (χ0) is 28.9. The Balaban J connectivity index is 1.38. The summed E-state index contributed by atoms with van der Waals surface area (Å²) in [4.78, 5) is 24.1. The second-order valence-electron chi connectivity index (χ2n) is 11.7. The van der Waals surface area contributed by atoms with Gasteiger partial charge in [-0.05, 0) is 76.3 Å². The molecule has 3 N–H and O–H groups in total. The van der Waals surface area contributed by atoms with Crippen LogP contribution in [-0.2, 0) is 22.2 Å². The third-order valence-corrected chi connectivity index (χ3v) is 12.1. The molecule has 0 heterocycles. The number of nitrogens with one attached hydrogen (secondary N) is 2. The molecular weight excluding hydrogens is 516 g/mol. The van der Waals surface area contributed by atoms with Crippen LogP contribution >= 0.6 is 0 Å². The topological polar surface area (TPSA) is 87.7 Å². The number of benzene rings is 4. The lowest BCUT2D eigenvalue weighted by Crippen LogP contribution is -2.40. The molecule has 0 aliphatic carbocycles. The molecule has 7 heteroatoms. The van der Waals surface area contributed by atoms with Gasteiger partial charge in [-0.25, -0.2) is 4.79 Å². The van der Waals surface area contributed by atoms with E-state index in [1.165, 1.54) is 0 Å². The van der Waals surface area contributed by atoms with E-state index in [1.807, 2.05) is 60.7 Å². The summed E-state index contributed by atoms with van der Waals surface area (Å²) in [5.74, 6) is -0.0985. The van der Waals surface area contributed by atoms with Crippen LogP contribution in [0.4, 0.5) is 16.2 Å². The molecule has 0 aliphatic rings. The van der Waals surface area contributed by atoms with Crippen LogP contribution in [0, 0.1) is 0 Å². The van der Waals surface area contributed by atoms with Gasteiger partial charge in [-0.2, -0.15) is 0 Å². The van der Waals surface area contributed by atoms with Gasteiger partial charge in [-0.3, -0.25) is 10.1 Å². The first kappa shape index (κ1) is 29.0. The minimum atomic E-state index is -1.82. The van der Waals surface area contributed by atoms with Crippen LogP contribution in [0.5, 0.6) is 0 Å². The average molecular weight is 555 g/mol. The summed E-state index contributed by atoms with van der Waals surface area (Å²) in [6.07, 6.45) is -0.363. The molecule has 0 aromatic heterocycles. The van der Waals surface area contributed by atoms with Crippen molar-refractivity contribution < 1.29 is 19.1 Å². The van der Waals surface area contributed by atoms with Gasteiger partial charge >= 0.3 is 6.09 Å². The van der Waals surface area contributed by atoms with E-state index in [-0.39, 0.29) is 17.4 Å². The van der Waals surface area contributed by atoms with E-state index < -0.39 is 14.4 Å². The molecule has 0 unspecified atom stereocenters. The first-order chi connectivity index (χ1) is 18.9. The Morgan fingerprint density at radius 1 is 0.825 bits per heavy atom. The van der Waals surface area contributed by atoms with Crippen molar-refractivity contribution in [2.45, 2.75) is 58.4 Å². The zero-order valence-corrected chi connectivity index (χ0v) is 24.9. The molecule has 0 radical (unpaired) electrons. The number of hydrogen-bond acceptors (Lipinski definition) is 3. The summed E-state index contributed by atoms with van der Waals surface area (Å²) in [6.45, 7) is 11.8. The second-order valence-corrected chi connectivity index (χ2v) is 16.5. The first-order valence-electron chi connectivity index (χ1n) is 13.6. The molecule has 0 fully saturated rings. The molecule has 0 aliphatic heterocycles. The predicted octanol–water partition coefficient (Wildman–Crippen LogP) is 8.69. The van der Waals surface area contributed by atoms with Gasteiger partial charge < -0.3 is 14.8 Å². The molecule has 0 bridgehead atoms. The maximum Gasteiger partial charge on any atom is 0.409 e. The van der Waals surface area contributed by atoms with Crippen molar-refractivity contribution in [2.75, 3.05) is 10.6 Å². The van der Waals surface area contributed by atoms with Gasteiger partial charge in [0.1, 0.15) is 0 Å². The van der Waals surface area contributed by atoms with Crippen molar-refractivity contribution in [1.82, 2.24) is 0 Å². The van der Waals surface area contributed by atoms with Gasteiger partial charge in [0, 0.05) is 17.7 Å². The van der Waals surface area contributed by atoms with E-state index in [4.69, 9.17) is 4.43 Å². The molecule has 0 atom stereocenters. The number of aryl methyl sites for hydroxylation is 1. The molecule has 4 rings (SSSR count). The Morgan fingerprint density at radius 2 is 1.50 bits per heavy atom. The van der Waals surface area contributed by atoms with E-state index in [9.17, 15) is 14.7 Å². The van der Waals surface area contributed by atoms with Crippen LogP contribution in [0.2, 0.25) is 18.1 Å². The van der Waals surface area contributed by atoms with Crippen LogP contribution in [0.25, 0.3) is 21.9 Å². The summed E-state index contributed by atoms with van der Waals surface area (Å²) >= 11 is 0. The highest BCUT2D eigenvalue weighted by Gasteiger charge is 2.37. The first-order valence-corrected chi connectivity index (χ1v) is 16.5. The van der Waals surface area contributed by atoms with Crippen LogP contribution in [0.3, 0.4) is 0 Å². The van der Waals surface area contributed by atoms with Crippen molar-refractivity contribution in [3.8, 4) is 11.1 Å². The summed E-state index contributed by atoms with van der Waals surface area (Å²) in [5, 5.41) is 17.1. The average Bonchev–Trinajstić information content (AvgIpc) is 2.90. The fraction of sp³-hybridized carbons (Fsp3) is 0.273. The normalized spacial score (nSPS) is 11.8. The maximum absolute atomic E-state index is 12.8. The lowest BCUT2D eigenvalue weighted by atomic mass is 9.99. The van der Waals surface area contributed by atoms with Crippen molar-refractivity contribution in [3.05, 3.63) is 96.1 Å². The number of carbonyl (C=O) groups excluding carboxylic acids is 1. The van der Waals surface area contributed by atoms with Gasteiger partial charge in [0.05, 0.1) is 12.3 Å². The summed E-state index contributed by atoms with van der Waals surface area (Å²) < 4.78 is 6.37. The Labute approximate surface area is 237 Å². The van der Waals surface area contributed by atoms with Gasteiger partial charge in [-0.15, -0.1) is 0 Å². The van der Waals surface area contributed by atoms with E-state index in [2.05, 4.69) is 62.7 Å². The molecule has 40 heavy (non-hydrogen) atoms. The van der Waals surface area contributed by atoms with Crippen LogP contribution < -0.4 is 10.6 Å². The molecule has 0 spiro atoms. The molecule has 6 nitrogen and oxygen atoms in total. The third kappa shape index (κ3) is 7.37. The molecule has 4 aromatic carbocycles. The minimum Gasteiger partial charge on any atom is -0.465 e. The van der Waals surface area contributed by atoms with Crippen molar-refractivity contribution in [3.63, 3.8) is 0 Å². The maximum atomic E-state index is 12.8. The highest BCUT2D eigenvalue weighted by molar-refractivity contribution is 6.74. The van der Waals surface area contributed by atoms with Gasteiger partial charge in [0.2, 0.25) is 5.91 Å². The summed E-state index contributed by atoms with van der Waals surface area (Å²) in [6, 6.07) is 27.5. The summed E-state index contributed by atoms with van der Waals surface area (Å²) in [7, 11) is -1.82. The number of carbonyl (C=O) groups is 2. The van der Waals surface area contributed by atoms with Crippen molar-refractivity contribution in [1.29, 1.82) is 0 Å². The molecular formula is C33H38N2O4Si. The number of fused-ring (bicyclic) bond motifs is 1. The molecule has 208 valence electrons. The number of anilines is 2. The number of amides is 2. The van der Waals surface area contributed by atoms with Crippen molar-refractivity contribution >= 4 is 42.5 Å². The number of rotatable bonds is 9. The van der Waals surface area contributed by atoms with E-state index in [0.717, 1.165) is 38.7 Å². The Hall–Kier alpha value is -3.94. The summed E-state index contributed by atoms with van der Waals surface area (Å²) in [5.41, 5.74) is 4.98. The van der Waals surface area contributed by atoms with E-state index in [0.29, 0.717) is 18.7 Å². The Bertz CT molecular complexity index is 1510. The predicted molar refractivity (Wildman–Crippen MR) is 166 cm³/mol. The second kappa shape index (κ2) is 12.1. The zero-order valence-electron chi connectivity index (χ0n) is 23.9. The Morgan fingerprint density at radius 3 is 2.20 bits per heavy atom. The third-order valence-electron chi connectivity index (χ3n) is 7.65. The van der Waals surface area contributed by atoms with E-state index in [1.54, 1.807) is 6.07 Å². The smallest absolute Gasteiger partial charge is 0.409 e. The SMILES string of the molecule is CC(C)(C)[Si](C)(C)OCc1ccc2cc(NC(=O)CCc3ccc(-c4ccccc4)c(NC(=O)O)c3)ccc2c1. The molecule has 0 saturated carbocycles. The lowest BCUT2D eigenvalue weighted by Gasteiger charge is -2.36. The number of hydrogen-bond donors (Lipinski definition) is 3. The van der Waals surface area contributed by atoms with Crippen LogP contribution in [-0.4, -0.2) is 25.4 Å².